The third-order valence-electron chi connectivity index (χ3n) is 8.86. The number of allylic oxidation sites excluding steroid dienone is 6. The van der Waals surface area contributed by atoms with Gasteiger partial charge in [0.2, 0.25) is 0 Å². The maximum Gasteiger partial charge on any atom is 0.164 e. The Morgan fingerprint density at radius 3 is 2.61 bits per heavy atom. The highest BCUT2D eigenvalue weighted by Gasteiger charge is 2.30. The Hall–Kier alpha value is -4.76. The van der Waals surface area contributed by atoms with Gasteiger partial charge in [-0.2, -0.15) is 0 Å². The third-order valence-corrected chi connectivity index (χ3v) is 8.86. The first-order chi connectivity index (χ1) is 20.2. The van der Waals surface area contributed by atoms with Crippen molar-refractivity contribution in [3.05, 3.63) is 136 Å². The minimum absolute atomic E-state index is 0.308. The first kappa shape index (κ1) is 24.1. The normalized spacial score (nSPS) is 20.5. The molecule has 1 unspecified atom stereocenters. The van der Waals surface area contributed by atoms with Crippen molar-refractivity contribution in [3.63, 3.8) is 0 Å². The predicted octanol–water partition coefficient (Wildman–Crippen LogP) is 7.71. The molecule has 0 saturated carbocycles. The smallest absolute Gasteiger partial charge is 0.164 e. The third kappa shape index (κ3) is 3.80. The lowest BCUT2D eigenvalue weighted by atomic mass is 9.90. The van der Waals surface area contributed by atoms with Crippen molar-refractivity contribution in [3.8, 4) is 11.1 Å². The average Bonchev–Trinajstić information content (AvgIpc) is 3.15. The Morgan fingerprint density at radius 2 is 1.71 bits per heavy atom. The van der Waals surface area contributed by atoms with Gasteiger partial charge in [-0.1, -0.05) is 98.5 Å². The largest absolute Gasteiger partial charge is 0.299 e. The zero-order valence-electron chi connectivity index (χ0n) is 23.3. The van der Waals surface area contributed by atoms with Crippen LogP contribution in [0.3, 0.4) is 0 Å². The average molecular weight is 530 g/mol. The summed E-state index contributed by atoms with van der Waals surface area (Å²) in [5, 5.41) is 2.38. The van der Waals surface area contributed by atoms with Gasteiger partial charge in [-0.25, -0.2) is 9.97 Å². The summed E-state index contributed by atoms with van der Waals surface area (Å²) in [6.45, 7) is 7.02. The summed E-state index contributed by atoms with van der Waals surface area (Å²) in [6, 6.07) is 24.2. The van der Waals surface area contributed by atoms with E-state index in [0.717, 1.165) is 70.6 Å². The molecular formula is C38H31N3. The minimum atomic E-state index is 0.308. The van der Waals surface area contributed by atoms with E-state index in [-0.39, 0.29) is 0 Å². The number of aromatic nitrogens is 2. The lowest BCUT2D eigenvalue weighted by molar-refractivity contribution is 0.729. The van der Waals surface area contributed by atoms with Gasteiger partial charge in [0.1, 0.15) is 5.69 Å². The Bertz CT molecular complexity index is 1990. The van der Waals surface area contributed by atoms with Crippen molar-refractivity contribution < 1.29 is 0 Å². The van der Waals surface area contributed by atoms with Crippen LogP contribution in [0, 0.1) is 0 Å². The van der Waals surface area contributed by atoms with E-state index in [9.17, 15) is 0 Å². The van der Waals surface area contributed by atoms with Crippen molar-refractivity contribution >= 4 is 40.5 Å². The molecule has 4 aliphatic rings. The molecule has 0 radical (unpaired) electrons. The molecule has 0 spiro atoms. The van der Waals surface area contributed by atoms with Gasteiger partial charge < -0.3 is 0 Å². The molecule has 2 bridgehead atoms. The minimum Gasteiger partial charge on any atom is -0.299 e. The second-order valence-electron chi connectivity index (χ2n) is 11.4. The summed E-state index contributed by atoms with van der Waals surface area (Å²) in [6.07, 6.45) is 17.3. The van der Waals surface area contributed by atoms with E-state index in [1.807, 2.05) is 0 Å². The Balaban J connectivity index is 1.51. The molecule has 3 aliphatic carbocycles. The summed E-state index contributed by atoms with van der Waals surface area (Å²) < 4.78 is 0. The second-order valence-corrected chi connectivity index (χ2v) is 11.4. The molecule has 3 heteroatoms. The lowest BCUT2D eigenvalue weighted by Gasteiger charge is -2.30. The van der Waals surface area contributed by atoms with Crippen LogP contribution in [0.2, 0.25) is 0 Å². The molecule has 1 atom stereocenters. The molecule has 4 aromatic rings. The quantitative estimate of drug-likeness (QED) is 0.266. The molecule has 3 aromatic carbocycles. The van der Waals surface area contributed by atoms with Crippen molar-refractivity contribution in [1.82, 2.24) is 9.97 Å². The monoisotopic (exact) mass is 529 g/mol. The van der Waals surface area contributed by atoms with E-state index >= 15 is 0 Å². The van der Waals surface area contributed by atoms with E-state index in [1.54, 1.807) is 0 Å². The predicted molar refractivity (Wildman–Crippen MR) is 171 cm³/mol. The van der Waals surface area contributed by atoms with Crippen LogP contribution in [0.15, 0.2) is 97.6 Å². The van der Waals surface area contributed by atoms with E-state index in [2.05, 4.69) is 115 Å². The number of anilines is 2. The lowest BCUT2D eigenvalue weighted by Crippen LogP contribution is -2.32. The number of fused-ring (bicyclic) bond motifs is 5. The van der Waals surface area contributed by atoms with E-state index in [4.69, 9.17) is 16.5 Å². The first-order valence-corrected chi connectivity index (χ1v) is 14.6. The molecule has 0 N–H and O–H groups in total. The van der Waals surface area contributed by atoms with Gasteiger partial charge in [0.05, 0.1) is 17.1 Å². The van der Waals surface area contributed by atoms with Crippen LogP contribution < -0.4 is 15.3 Å². The van der Waals surface area contributed by atoms with Crippen molar-refractivity contribution in [1.29, 1.82) is 0 Å². The van der Waals surface area contributed by atoms with Crippen LogP contribution in [0.4, 0.5) is 11.5 Å². The number of hydrogen-bond donors (Lipinski definition) is 0. The Morgan fingerprint density at radius 1 is 0.854 bits per heavy atom. The molecule has 8 rings (SSSR count). The summed E-state index contributed by atoms with van der Waals surface area (Å²) >= 11 is 0. The zero-order chi connectivity index (χ0) is 27.5. The fraction of sp³-hybridized carbons (Fsp3) is 0.158. The SMILES string of the molecule is C=C1/C2=c3/cccc/c3=C/N(c3nc4c(nc3C3=CCCC=C3)C=CCC4C)c3cccc(c31)-c1ccccc1C2. The van der Waals surface area contributed by atoms with Crippen LogP contribution in [0.1, 0.15) is 60.3 Å². The van der Waals surface area contributed by atoms with E-state index in [0.29, 0.717) is 5.92 Å². The molecule has 198 valence electrons. The van der Waals surface area contributed by atoms with E-state index < -0.39 is 0 Å². The van der Waals surface area contributed by atoms with Crippen LogP contribution >= 0.6 is 0 Å². The highest BCUT2D eigenvalue weighted by Crippen LogP contribution is 2.47. The summed E-state index contributed by atoms with van der Waals surface area (Å²) in [5.74, 6) is 1.18. The molecule has 2 heterocycles. The highest BCUT2D eigenvalue weighted by molar-refractivity contribution is 6.09. The zero-order valence-corrected chi connectivity index (χ0v) is 23.3. The van der Waals surface area contributed by atoms with Gasteiger partial charge >= 0.3 is 0 Å². The molecule has 1 aromatic heterocycles. The van der Waals surface area contributed by atoms with Gasteiger partial charge in [0, 0.05) is 17.7 Å². The van der Waals surface area contributed by atoms with Gasteiger partial charge in [0.25, 0.3) is 0 Å². The van der Waals surface area contributed by atoms with Crippen LogP contribution in [-0.2, 0) is 6.42 Å². The molecule has 0 saturated heterocycles. The Kier molecular flexibility index (Phi) is 5.53. The van der Waals surface area contributed by atoms with Crippen LogP contribution in [-0.4, -0.2) is 9.97 Å². The van der Waals surface area contributed by atoms with Crippen molar-refractivity contribution in [2.45, 2.75) is 38.5 Å². The highest BCUT2D eigenvalue weighted by atomic mass is 15.2. The molecule has 1 aliphatic heterocycles. The number of nitrogens with zero attached hydrogens (tertiary/aromatic N) is 3. The fourth-order valence-corrected chi connectivity index (χ4v) is 6.78. The van der Waals surface area contributed by atoms with E-state index in [1.165, 1.54) is 33.0 Å². The summed E-state index contributed by atoms with van der Waals surface area (Å²) in [4.78, 5) is 13.1. The summed E-state index contributed by atoms with van der Waals surface area (Å²) in [7, 11) is 0. The molecular weight excluding hydrogens is 498 g/mol. The van der Waals surface area contributed by atoms with Gasteiger partial charge in [-0.3, -0.25) is 4.90 Å². The van der Waals surface area contributed by atoms with Crippen LogP contribution in [0.25, 0.3) is 40.1 Å². The molecule has 0 amide bonds. The Labute approximate surface area is 240 Å². The molecule has 3 nitrogen and oxygen atoms in total. The standard InChI is InChI=1S/C38H31N3/c1-24-12-10-20-33-36(24)40-38(37(39-33)26-13-4-3-5-14-26)41-23-28-16-7-9-18-30(28)32-22-27-15-6-8-17-29(27)31-19-11-21-34(41)35(31)25(32)2/h4,6-11,13-21,23-24H,2-3,5,12,22H2,1H3/b28-23-,32-30-. The maximum absolute atomic E-state index is 5.47. The van der Waals surface area contributed by atoms with Crippen molar-refractivity contribution in [2.75, 3.05) is 4.90 Å². The van der Waals surface area contributed by atoms with Gasteiger partial charge in [-0.05, 0) is 81.7 Å². The molecule has 0 fully saturated rings. The second kappa shape index (κ2) is 9.42. The fourth-order valence-electron chi connectivity index (χ4n) is 6.78. The topological polar surface area (TPSA) is 29.0 Å². The van der Waals surface area contributed by atoms with Crippen LogP contribution in [0.5, 0.6) is 0 Å². The number of benzene rings is 3. The van der Waals surface area contributed by atoms with Crippen molar-refractivity contribution in [2.24, 2.45) is 0 Å². The van der Waals surface area contributed by atoms with Gasteiger partial charge in [-0.15, -0.1) is 0 Å². The van der Waals surface area contributed by atoms with Gasteiger partial charge in [0.15, 0.2) is 5.82 Å². The number of hydrogen-bond acceptors (Lipinski definition) is 3. The summed E-state index contributed by atoms with van der Waals surface area (Å²) in [5.41, 5.74) is 12.5. The first-order valence-electron chi connectivity index (χ1n) is 14.6. The molecule has 41 heavy (non-hydrogen) atoms. The maximum atomic E-state index is 5.47. The number of rotatable bonds is 2.